The summed E-state index contributed by atoms with van der Waals surface area (Å²) in [6.07, 6.45) is 0. The van der Waals surface area contributed by atoms with Crippen molar-refractivity contribution in [2.75, 3.05) is 0 Å². The van der Waals surface area contributed by atoms with E-state index in [0.717, 1.165) is 38.7 Å². The standard InChI is InChI=1S/C42H25NO/c1-2-9-26(10-3-1)31-21-17-27-20-24-34-32(22-18-28-19-23-33(31)39(27)40(28)34)29-11-8-12-30(25-29)43-37-15-6-4-13-35(37)42-41(43)36-14-5-7-16-38(36)44-42/h1-25H. The second-order valence-corrected chi connectivity index (χ2v) is 11.7. The van der Waals surface area contributed by atoms with Gasteiger partial charge in [0, 0.05) is 16.5 Å². The molecule has 0 aliphatic heterocycles. The maximum absolute atomic E-state index is 6.43. The molecule has 2 heterocycles. The van der Waals surface area contributed by atoms with E-state index in [1.54, 1.807) is 0 Å². The first kappa shape index (κ1) is 23.7. The van der Waals surface area contributed by atoms with Gasteiger partial charge in [-0.15, -0.1) is 0 Å². The van der Waals surface area contributed by atoms with Gasteiger partial charge in [-0.3, -0.25) is 0 Å². The second-order valence-electron chi connectivity index (χ2n) is 11.7. The monoisotopic (exact) mass is 559 g/mol. The van der Waals surface area contributed by atoms with E-state index >= 15 is 0 Å². The number of nitrogens with zero attached hydrogens (tertiary/aromatic N) is 1. The molecule has 0 fully saturated rings. The number of fused-ring (bicyclic) bond motifs is 5. The molecule has 0 radical (unpaired) electrons. The normalized spacial score (nSPS) is 12.1. The molecule has 0 spiro atoms. The van der Waals surface area contributed by atoms with Crippen LogP contribution in [0.15, 0.2) is 156 Å². The van der Waals surface area contributed by atoms with Crippen molar-refractivity contribution in [2.24, 2.45) is 0 Å². The fraction of sp³-hybridized carbons (Fsp3) is 0. The average Bonchev–Trinajstić information content (AvgIpc) is 3.62. The molecule has 0 amide bonds. The molecule has 2 nitrogen and oxygen atoms in total. The molecule has 0 unspecified atom stereocenters. The van der Waals surface area contributed by atoms with Crippen molar-refractivity contribution >= 4 is 65.3 Å². The largest absolute Gasteiger partial charge is 0.454 e. The Hall–Kier alpha value is -5.86. The van der Waals surface area contributed by atoms with E-state index in [-0.39, 0.29) is 0 Å². The predicted molar refractivity (Wildman–Crippen MR) is 185 cm³/mol. The second kappa shape index (κ2) is 8.82. The number of para-hydroxylation sites is 2. The van der Waals surface area contributed by atoms with Crippen LogP contribution in [0.2, 0.25) is 0 Å². The summed E-state index contributed by atoms with van der Waals surface area (Å²) in [5, 5.41) is 10.0. The maximum atomic E-state index is 6.43. The predicted octanol–water partition coefficient (Wildman–Crippen LogP) is 11.8. The zero-order valence-corrected chi connectivity index (χ0v) is 23.8. The third-order valence-corrected chi connectivity index (χ3v) is 9.35. The third-order valence-electron chi connectivity index (χ3n) is 9.35. The smallest absolute Gasteiger partial charge is 0.161 e. The van der Waals surface area contributed by atoms with Crippen molar-refractivity contribution in [3.63, 3.8) is 0 Å². The molecular weight excluding hydrogens is 534 g/mol. The van der Waals surface area contributed by atoms with E-state index in [9.17, 15) is 0 Å². The first-order chi connectivity index (χ1) is 21.8. The zero-order chi connectivity index (χ0) is 28.8. The Morgan fingerprint density at radius 1 is 0.432 bits per heavy atom. The summed E-state index contributed by atoms with van der Waals surface area (Å²) in [6.45, 7) is 0. The van der Waals surface area contributed by atoms with Crippen LogP contribution in [0.3, 0.4) is 0 Å². The molecule has 8 aromatic carbocycles. The first-order valence-electron chi connectivity index (χ1n) is 15.1. The summed E-state index contributed by atoms with van der Waals surface area (Å²) in [5.74, 6) is 0. The van der Waals surface area contributed by atoms with E-state index in [1.165, 1.54) is 54.6 Å². The Morgan fingerprint density at radius 2 is 1.05 bits per heavy atom. The van der Waals surface area contributed by atoms with Gasteiger partial charge in [0.2, 0.25) is 0 Å². The molecule has 2 heteroatoms. The lowest BCUT2D eigenvalue weighted by Gasteiger charge is -2.17. The molecule has 2 aromatic heterocycles. The van der Waals surface area contributed by atoms with Crippen molar-refractivity contribution in [1.29, 1.82) is 0 Å². The minimum absolute atomic E-state index is 0.912. The highest BCUT2D eigenvalue weighted by Gasteiger charge is 2.20. The molecule has 0 N–H and O–H groups in total. The van der Waals surface area contributed by atoms with E-state index in [4.69, 9.17) is 4.42 Å². The highest BCUT2D eigenvalue weighted by molar-refractivity contribution is 6.27. The van der Waals surface area contributed by atoms with E-state index < -0.39 is 0 Å². The Balaban J connectivity index is 1.23. The van der Waals surface area contributed by atoms with Crippen molar-refractivity contribution < 1.29 is 4.42 Å². The van der Waals surface area contributed by atoms with Gasteiger partial charge in [-0.1, -0.05) is 115 Å². The van der Waals surface area contributed by atoms with Gasteiger partial charge in [0.15, 0.2) is 5.58 Å². The van der Waals surface area contributed by atoms with E-state index in [0.29, 0.717) is 0 Å². The van der Waals surface area contributed by atoms with Crippen molar-refractivity contribution in [2.45, 2.75) is 0 Å². The van der Waals surface area contributed by atoms with Crippen LogP contribution in [-0.2, 0) is 0 Å². The zero-order valence-electron chi connectivity index (χ0n) is 23.8. The van der Waals surface area contributed by atoms with Crippen LogP contribution in [0.5, 0.6) is 0 Å². The Bertz CT molecular complexity index is 2700. The number of rotatable bonds is 3. The van der Waals surface area contributed by atoms with E-state index in [2.05, 4.69) is 150 Å². The maximum Gasteiger partial charge on any atom is 0.161 e. The number of hydrogen-bond acceptors (Lipinski definition) is 1. The molecule has 44 heavy (non-hydrogen) atoms. The molecule has 0 aliphatic carbocycles. The molecule has 204 valence electrons. The van der Waals surface area contributed by atoms with Crippen molar-refractivity contribution in [3.8, 4) is 27.9 Å². The summed E-state index contributed by atoms with van der Waals surface area (Å²) in [6, 6.07) is 54.8. The van der Waals surface area contributed by atoms with Crippen LogP contribution in [0.25, 0.3) is 93.2 Å². The lowest BCUT2D eigenvalue weighted by molar-refractivity contribution is 0.673. The molecule has 10 aromatic rings. The lowest BCUT2D eigenvalue weighted by atomic mass is 9.87. The summed E-state index contributed by atoms with van der Waals surface area (Å²) in [7, 11) is 0. The molecule has 0 saturated carbocycles. The van der Waals surface area contributed by atoms with E-state index in [1.807, 2.05) is 6.07 Å². The third kappa shape index (κ3) is 3.20. The van der Waals surface area contributed by atoms with Crippen LogP contribution < -0.4 is 0 Å². The summed E-state index contributed by atoms with van der Waals surface area (Å²) >= 11 is 0. The lowest BCUT2D eigenvalue weighted by Crippen LogP contribution is -1.95. The van der Waals surface area contributed by atoms with Gasteiger partial charge < -0.3 is 8.98 Å². The fourth-order valence-electron chi connectivity index (χ4n) is 7.42. The quantitative estimate of drug-likeness (QED) is 0.197. The van der Waals surface area contributed by atoms with Crippen LogP contribution in [0.4, 0.5) is 0 Å². The van der Waals surface area contributed by atoms with Crippen molar-refractivity contribution in [1.82, 2.24) is 4.57 Å². The number of aromatic nitrogens is 1. The Kier molecular flexibility index (Phi) is 4.75. The minimum atomic E-state index is 0.912. The Morgan fingerprint density at radius 3 is 1.82 bits per heavy atom. The average molecular weight is 560 g/mol. The fourth-order valence-corrected chi connectivity index (χ4v) is 7.42. The van der Waals surface area contributed by atoms with Gasteiger partial charge in [-0.05, 0) is 91.0 Å². The number of benzene rings is 8. The van der Waals surface area contributed by atoms with Crippen LogP contribution in [0.1, 0.15) is 0 Å². The SMILES string of the molecule is c1ccc(-c2ccc3ccc4c(-c5cccc(-n6c7ccccc7c7oc8ccccc8c76)c5)ccc5ccc2c3c54)cc1. The van der Waals surface area contributed by atoms with Gasteiger partial charge in [-0.25, -0.2) is 0 Å². The molecule has 0 aliphatic rings. The number of hydrogen-bond donors (Lipinski definition) is 0. The van der Waals surface area contributed by atoms with Crippen molar-refractivity contribution in [3.05, 3.63) is 152 Å². The summed E-state index contributed by atoms with van der Waals surface area (Å²) in [4.78, 5) is 0. The van der Waals surface area contributed by atoms with Crippen LogP contribution >= 0.6 is 0 Å². The van der Waals surface area contributed by atoms with Gasteiger partial charge >= 0.3 is 0 Å². The van der Waals surface area contributed by atoms with Gasteiger partial charge in [0.05, 0.1) is 5.52 Å². The summed E-state index contributed by atoms with van der Waals surface area (Å²) < 4.78 is 8.79. The van der Waals surface area contributed by atoms with Crippen LogP contribution in [0, 0.1) is 0 Å². The molecule has 0 atom stereocenters. The first-order valence-corrected chi connectivity index (χ1v) is 15.1. The molecule has 0 saturated heterocycles. The molecular formula is C42H25NO. The van der Waals surface area contributed by atoms with Gasteiger partial charge in [0.1, 0.15) is 11.1 Å². The molecule has 10 rings (SSSR count). The van der Waals surface area contributed by atoms with Gasteiger partial charge in [0.25, 0.3) is 0 Å². The highest BCUT2D eigenvalue weighted by Crippen LogP contribution is 2.43. The number of furan rings is 1. The Labute approximate surface area is 253 Å². The minimum Gasteiger partial charge on any atom is -0.454 e. The van der Waals surface area contributed by atoms with Crippen LogP contribution in [-0.4, -0.2) is 4.57 Å². The topological polar surface area (TPSA) is 18.1 Å². The van der Waals surface area contributed by atoms with Gasteiger partial charge in [-0.2, -0.15) is 0 Å². The molecule has 0 bridgehead atoms. The highest BCUT2D eigenvalue weighted by atomic mass is 16.3. The summed E-state index contributed by atoms with van der Waals surface area (Å²) in [5.41, 5.74) is 10.2.